The van der Waals surface area contributed by atoms with Crippen LogP contribution in [0.15, 0.2) is 0 Å². The summed E-state index contributed by atoms with van der Waals surface area (Å²) in [4.78, 5) is 55.2. The lowest BCUT2D eigenvalue weighted by molar-refractivity contribution is -0.293. The maximum absolute atomic E-state index is 13.2. The van der Waals surface area contributed by atoms with E-state index in [1.807, 2.05) is 0 Å². The molecule has 0 unspecified atom stereocenters. The molecule has 0 saturated heterocycles. The van der Waals surface area contributed by atoms with Crippen molar-refractivity contribution in [1.82, 2.24) is 4.98 Å². The van der Waals surface area contributed by atoms with Gasteiger partial charge in [-0.3, -0.25) is 19.2 Å². The molecule has 12 nitrogen and oxygen atoms in total. The van der Waals surface area contributed by atoms with Gasteiger partial charge in [0.1, 0.15) is 0 Å². The van der Waals surface area contributed by atoms with Gasteiger partial charge in [-0.05, 0) is 12.8 Å². The number of nitrogens with one attached hydrogen (secondary N) is 2. The van der Waals surface area contributed by atoms with E-state index in [2.05, 4.69) is 29.5 Å². The summed E-state index contributed by atoms with van der Waals surface area (Å²) in [6.07, 6.45) is 35.2. The molecule has 0 aliphatic rings. The van der Waals surface area contributed by atoms with Crippen LogP contribution in [-0.2, 0) is 19.2 Å². The average Bonchev–Trinajstić information content (AvgIpc) is 3.20. The second-order valence-corrected chi connectivity index (χ2v) is 16.7. The number of carbonyl (C=O) groups excluding carboxylic acids is 4. The Kier molecular flexibility index (Phi) is 32.3. The zero-order valence-corrected chi connectivity index (χ0v) is 38.5. The minimum Gasteiger partial charge on any atom is -0.431 e. The zero-order valence-electron chi connectivity index (χ0n) is 38.5. The lowest BCUT2D eigenvalue weighted by Gasteiger charge is -2.26. The molecule has 0 bridgehead atoms. The molecular weight excluding hydrogens is 763 g/mol. The van der Waals surface area contributed by atoms with Crippen molar-refractivity contribution in [2.45, 2.75) is 252 Å². The third-order valence-corrected chi connectivity index (χ3v) is 10.8. The van der Waals surface area contributed by atoms with Crippen LogP contribution >= 0.6 is 0 Å². The van der Waals surface area contributed by atoms with Gasteiger partial charge >= 0.3 is 17.9 Å². The highest BCUT2D eigenvalue weighted by Crippen LogP contribution is 2.48. The van der Waals surface area contributed by atoms with Crippen molar-refractivity contribution < 1.29 is 43.6 Å². The first-order chi connectivity index (χ1) is 28.9. The topological polar surface area (TPSA) is 173 Å². The molecule has 0 atom stereocenters. The first-order valence-electron chi connectivity index (χ1n) is 24.1. The van der Waals surface area contributed by atoms with Gasteiger partial charge in [-0.2, -0.15) is 0 Å². The molecule has 2 amide bonds. The molecule has 60 heavy (non-hydrogen) atoms. The summed E-state index contributed by atoms with van der Waals surface area (Å²) in [5.41, 5.74) is 0. The summed E-state index contributed by atoms with van der Waals surface area (Å²) in [6.45, 7) is 8.35. The van der Waals surface area contributed by atoms with Gasteiger partial charge in [0.2, 0.25) is 29.1 Å². The third kappa shape index (κ3) is 28.3. The van der Waals surface area contributed by atoms with Gasteiger partial charge in [0.25, 0.3) is 0 Å². The number of unbranched alkanes of at least 4 members (excludes halogenated alkanes) is 28. The maximum atomic E-state index is 13.2. The Morgan fingerprint density at radius 2 is 0.717 bits per heavy atom. The smallest absolute Gasteiger partial charge is 0.321 e. The Bertz CT molecular complexity index is 1230. The number of rotatable bonds is 39. The summed E-state index contributed by atoms with van der Waals surface area (Å²) in [5.74, 6) is -7.51. The number of carbonyl (C=O) groups is 4. The lowest BCUT2D eigenvalue weighted by atomic mass is 10.0. The van der Waals surface area contributed by atoms with Crippen molar-refractivity contribution in [2.75, 3.05) is 10.6 Å². The molecule has 0 radical (unpaired) electrons. The highest BCUT2D eigenvalue weighted by Gasteiger charge is 2.34. The van der Waals surface area contributed by atoms with Crippen LogP contribution in [0.2, 0.25) is 0 Å². The van der Waals surface area contributed by atoms with Gasteiger partial charge in [0, 0.05) is 33.1 Å². The molecule has 1 aromatic heterocycles. The molecule has 346 valence electrons. The van der Waals surface area contributed by atoms with Crippen LogP contribution in [0.1, 0.15) is 247 Å². The summed E-state index contributed by atoms with van der Waals surface area (Å²) in [6, 6.07) is 0. The van der Waals surface area contributed by atoms with Crippen LogP contribution in [-0.4, -0.2) is 44.9 Å². The number of esters is 2. The Morgan fingerprint density at radius 3 is 0.967 bits per heavy atom. The fourth-order valence-corrected chi connectivity index (χ4v) is 7.16. The third-order valence-electron chi connectivity index (χ3n) is 10.8. The normalized spacial score (nSPS) is 11.4. The molecule has 1 rings (SSSR count). The summed E-state index contributed by atoms with van der Waals surface area (Å²) >= 11 is 0. The van der Waals surface area contributed by atoms with Crippen LogP contribution < -0.4 is 24.8 Å². The predicted molar refractivity (Wildman–Crippen MR) is 241 cm³/mol. The SMILES string of the molecule is CCCCCCCCCCCCCCCCCC(=O)Oc1c(NC(C)=O)nc(NC(C)=O)c(OC(=O)CCCCCCCCCCCCCCCCC)c1OC(O)(O)CC. The molecule has 4 N–H and O–H groups in total. The van der Waals surface area contributed by atoms with E-state index in [0.29, 0.717) is 12.8 Å². The number of amides is 2. The Balaban J connectivity index is 2.81. The number of hydrogen-bond acceptors (Lipinski definition) is 10. The Morgan fingerprint density at radius 1 is 0.450 bits per heavy atom. The number of ether oxygens (including phenoxy) is 3. The molecule has 1 aromatic rings. The second kappa shape index (κ2) is 35.4. The Hall–Kier alpha value is -3.25. The van der Waals surface area contributed by atoms with Crippen molar-refractivity contribution in [3.8, 4) is 17.2 Å². The molecule has 0 spiro atoms. The van der Waals surface area contributed by atoms with Crippen molar-refractivity contribution in [3.63, 3.8) is 0 Å². The fraction of sp³-hybridized carbons (Fsp3) is 0.812. The maximum Gasteiger partial charge on any atom is 0.321 e. The summed E-state index contributed by atoms with van der Waals surface area (Å²) < 4.78 is 16.9. The van der Waals surface area contributed by atoms with Gasteiger partial charge < -0.3 is 35.1 Å². The lowest BCUT2D eigenvalue weighted by Crippen LogP contribution is -2.35. The van der Waals surface area contributed by atoms with E-state index in [1.165, 1.54) is 149 Å². The van der Waals surface area contributed by atoms with E-state index in [-0.39, 0.29) is 30.9 Å². The van der Waals surface area contributed by atoms with Crippen LogP contribution in [0.5, 0.6) is 17.2 Å². The van der Waals surface area contributed by atoms with Crippen molar-refractivity contribution in [3.05, 3.63) is 0 Å². The van der Waals surface area contributed by atoms with Crippen LogP contribution in [0.3, 0.4) is 0 Å². The van der Waals surface area contributed by atoms with Crippen molar-refractivity contribution >= 4 is 35.4 Å². The van der Waals surface area contributed by atoms with Gasteiger partial charge in [0.15, 0.2) is 11.6 Å². The van der Waals surface area contributed by atoms with Crippen LogP contribution in [0.4, 0.5) is 11.6 Å². The van der Waals surface area contributed by atoms with E-state index >= 15 is 0 Å². The largest absolute Gasteiger partial charge is 0.431 e. The monoisotopic (exact) mass is 848 g/mol. The van der Waals surface area contributed by atoms with Gasteiger partial charge in [-0.15, -0.1) is 0 Å². The van der Waals surface area contributed by atoms with E-state index in [9.17, 15) is 29.4 Å². The van der Waals surface area contributed by atoms with Crippen LogP contribution in [0, 0.1) is 0 Å². The molecular formula is C48H85N3O9. The standard InChI is InChI=1S/C48H85N3O9/c1-6-9-11-13-15-17-19-21-23-25-27-29-31-33-35-37-41(54)58-44-43(60-48(56,57)8-3)45(47(50-40(5)53)51-46(44)49-39(4)52)59-42(55)38-36-34-32-30-28-26-24-22-20-18-16-14-12-10-7-2/h56-57H,6-38H2,1-5H3,(H2,49,50,51,52,53). The molecule has 0 fully saturated rings. The minimum atomic E-state index is -2.80. The van der Waals surface area contributed by atoms with Gasteiger partial charge in [-0.25, -0.2) is 4.98 Å². The second-order valence-electron chi connectivity index (χ2n) is 16.7. The number of aromatic nitrogens is 1. The van der Waals surface area contributed by atoms with Gasteiger partial charge in [-0.1, -0.05) is 201 Å². The highest BCUT2D eigenvalue weighted by molar-refractivity contribution is 5.95. The van der Waals surface area contributed by atoms with Crippen molar-refractivity contribution in [2.24, 2.45) is 0 Å². The van der Waals surface area contributed by atoms with Crippen LogP contribution in [0.25, 0.3) is 0 Å². The number of aliphatic hydroxyl groups is 2. The molecule has 12 heteroatoms. The van der Waals surface area contributed by atoms with Gasteiger partial charge in [0.05, 0.1) is 0 Å². The molecule has 0 aliphatic carbocycles. The van der Waals surface area contributed by atoms with E-state index in [0.717, 1.165) is 51.4 Å². The number of nitrogens with zero attached hydrogens (tertiary/aromatic N) is 1. The quantitative estimate of drug-likeness (QED) is 0.0284. The van der Waals surface area contributed by atoms with Crippen molar-refractivity contribution in [1.29, 1.82) is 0 Å². The number of hydrogen-bond donors (Lipinski definition) is 4. The zero-order chi connectivity index (χ0) is 44.3. The minimum absolute atomic E-state index is 0.0378. The Labute approximate surface area is 363 Å². The molecule has 0 aliphatic heterocycles. The number of anilines is 2. The molecule has 1 heterocycles. The van der Waals surface area contributed by atoms with E-state index in [4.69, 9.17) is 14.2 Å². The predicted octanol–water partition coefficient (Wildman–Crippen LogP) is 12.8. The summed E-state index contributed by atoms with van der Waals surface area (Å²) in [5, 5.41) is 26.1. The summed E-state index contributed by atoms with van der Waals surface area (Å²) in [7, 11) is 0. The first kappa shape index (κ1) is 54.8. The van der Waals surface area contributed by atoms with E-state index < -0.39 is 47.0 Å². The first-order valence-corrected chi connectivity index (χ1v) is 24.1. The highest BCUT2D eigenvalue weighted by atomic mass is 16.8. The fourth-order valence-electron chi connectivity index (χ4n) is 7.16. The molecule has 0 aromatic carbocycles. The average molecular weight is 848 g/mol. The molecule has 0 saturated carbocycles. The van der Waals surface area contributed by atoms with E-state index in [1.54, 1.807) is 0 Å². The number of pyridine rings is 1.